The standard InChI is InChI=1S/C30H22N4O3S/c31-28-26(29(35)32-30-34(28)33-27(38-30)19-37-23-10-2-1-3-11-23)17-20-13-15-24(16-14-20)36-18-22-9-6-8-21-7-4-5-12-25(21)22/h1-17,31H,18-19H2/b26-17-,31-28?. The van der Waals surface area contributed by atoms with Crippen molar-refractivity contribution in [1.82, 2.24) is 5.01 Å². The number of amidine groups is 2. The van der Waals surface area contributed by atoms with Crippen LogP contribution in [0.2, 0.25) is 0 Å². The second-order valence-corrected chi connectivity index (χ2v) is 9.65. The van der Waals surface area contributed by atoms with Crippen LogP contribution in [0.3, 0.4) is 0 Å². The molecule has 2 aliphatic heterocycles. The number of ether oxygens (including phenoxy) is 2. The maximum Gasteiger partial charge on any atom is 0.283 e. The van der Waals surface area contributed by atoms with Crippen LogP contribution in [0.5, 0.6) is 11.5 Å². The van der Waals surface area contributed by atoms with E-state index in [0.717, 1.165) is 16.9 Å². The van der Waals surface area contributed by atoms with Crippen molar-refractivity contribution in [3.8, 4) is 11.5 Å². The molecule has 2 aliphatic rings. The van der Waals surface area contributed by atoms with Gasteiger partial charge in [0.15, 0.2) is 5.84 Å². The van der Waals surface area contributed by atoms with E-state index in [2.05, 4.69) is 34.4 Å². The first-order chi connectivity index (χ1) is 18.6. The van der Waals surface area contributed by atoms with Gasteiger partial charge in [-0.3, -0.25) is 10.2 Å². The lowest BCUT2D eigenvalue weighted by Gasteiger charge is -2.20. The van der Waals surface area contributed by atoms with Gasteiger partial charge >= 0.3 is 0 Å². The molecule has 0 bridgehead atoms. The molecule has 0 atom stereocenters. The largest absolute Gasteiger partial charge is 0.489 e. The molecule has 0 saturated heterocycles. The fraction of sp³-hybridized carbons (Fsp3) is 0.0667. The molecule has 38 heavy (non-hydrogen) atoms. The van der Waals surface area contributed by atoms with E-state index in [-0.39, 0.29) is 18.0 Å². The molecule has 0 saturated carbocycles. The number of carbonyl (C=O) groups is 1. The minimum atomic E-state index is -0.467. The van der Waals surface area contributed by atoms with E-state index >= 15 is 0 Å². The first-order valence-corrected chi connectivity index (χ1v) is 12.8. The number of benzene rings is 4. The summed E-state index contributed by atoms with van der Waals surface area (Å²) in [5, 5.41) is 17.7. The lowest BCUT2D eigenvalue weighted by molar-refractivity contribution is -0.114. The summed E-state index contributed by atoms with van der Waals surface area (Å²) >= 11 is 1.23. The topological polar surface area (TPSA) is 87.3 Å². The Morgan fingerprint density at radius 2 is 1.53 bits per heavy atom. The minimum absolute atomic E-state index is 0.0153. The number of hydrogen-bond donors (Lipinski definition) is 1. The zero-order chi connectivity index (χ0) is 25.9. The third-order valence-electron chi connectivity index (χ3n) is 6.07. The third-order valence-corrected chi connectivity index (χ3v) is 6.95. The Balaban J connectivity index is 1.13. The van der Waals surface area contributed by atoms with E-state index in [4.69, 9.17) is 14.9 Å². The number of hydrogen-bond acceptors (Lipinski definition) is 6. The number of aliphatic imine (C=N–C) groups is 1. The Kier molecular flexibility index (Phi) is 6.46. The summed E-state index contributed by atoms with van der Waals surface area (Å²) in [5.41, 5.74) is 2.05. The van der Waals surface area contributed by atoms with Crippen molar-refractivity contribution in [2.75, 3.05) is 6.61 Å². The average molecular weight is 519 g/mol. The molecule has 0 fully saturated rings. The van der Waals surface area contributed by atoms with Crippen molar-refractivity contribution >= 4 is 50.6 Å². The molecular formula is C30H22N4O3S. The van der Waals surface area contributed by atoms with E-state index in [0.29, 0.717) is 22.6 Å². The maximum absolute atomic E-state index is 12.7. The number of carbonyl (C=O) groups excluding carboxylic acids is 1. The SMILES string of the molecule is N=C1/C(=C/c2ccc(OCc3cccc4ccccc34)cc2)C(=O)N=C2SC(COc3ccccc3)=NN12. The summed E-state index contributed by atoms with van der Waals surface area (Å²) < 4.78 is 11.8. The van der Waals surface area contributed by atoms with Crippen molar-refractivity contribution in [2.45, 2.75) is 6.61 Å². The molecule has 8 heteroatoms. The number of nitrogens with zero attached hydrogens (tertiary/aromatic N) is 3. The van der Waals surface area contributed by atoms with Crippen molar-refractivity contribution in [3.05, 3.63) is 114 Å². The predicted molar refractivity (Wildman–Crippen MR) is 152 cm³/mol. The van der Waals surface area contributed by atoms with Crippen LogP contribution in [0.4, 0.5) is 0 Å². The van der Waals surface area contributed by atoms with Gasteiger partial charge in [0.1, 0.15) is 29.8 Å². The number of para-hydroxylation sites is 1. The summed E-state index contributed by atoms with van der Waals surface area (Å²) in [6.07, 6.45) is 1.65. The maximum atomic E-state index is 12.7. The molecule has 1 amide bonds. The molecular weight excluding hydrogens is 496 g/mol. The highest BCUT2D eigenvalue weighted by atomic mass is 32.2. The number of rotatable bonds is 7. The van der Waals surface area contributed by atoms with Gasteiger partial charge in [-0.05, 0) is 64.0 Å². The number of hydrazone groups is 1. The molecule has 0 unspecified atom stereocenters. The fourth-order valence-corrected chi connectivity index (χ4v) is 4.96. The van der Waals surface area contributed by atoms with E-state index in [9.17, 15) is 4.79 Å². The van der Waals surface area contributed by atoms with Gasteiger partial charge in [-0.15, -0.1) is 0 Å². The predicted octanol–water partition coefficient (Wildman–Crippen LogP) is 6.12. The molecule has 2 heterocycles. The minimum Gasteiger partial charge on any atom is -0.489 e. The first kappa shape index (κ1) is 23.7. The van der Waals surface area contributed by atoms with Crippen LogP contribution in [0.25, 0.3) is 16.8 Å². The number of fused-ring (bicyclic) bond motifs is 2. The van der Waals surface area contributed by atoms with Crippen molar-refractivity contribution in [3.63, 3.8) is 0 Å². The summed E-state index contributed by atoms with van der Waals surface area (Å²) in [7, 11) is 0. The molecule has 0 aromatic heterocycles. The van der Waals surface area contributed by atoms with Crippen LogP contribution in [0.1, 0.15) is 11.1 Å². The lowest BCUT2D eigenvalue weighted by atomic mass is 10.1. The third kappa shape index (κ3) is 4.94. The summed E-state index contributed by atoms with van der Waals surface area (Å²) in [6.45, 7) is 0.675. The van der Waals surface area contributed by atoms with Crippen molar-refractivity contribution < 1.29 is 14.3 Å². The van der Waals surface area contributed by atoms with Gasteiger partial charge in [-0.2, -0.15) is 15.1 Å². The van der Waals surface area contributed by atoms with Gasteiger partial charge in [-0.25, -0.2) is 0 Å². The smallest absolute Gasteiger partial charge is 0.283 e. The molecule has 1 N–H and O–H groups in total. The summed E-state index contributed by atoms with van der Waals surface area (Å²) in [5.74, 6) is 0.955. The van der Waals surface area contributed by atoms with Gasteiger partial charge in [0, 0.05) is 0 Å². The highest BCUT2D eigenvalue weighted by Gasteiger charge is 2.35. The highest BCUT2D eigenvalue weighted by molar-refractivity contribution is 8.27. The summed E-state index contributed by atoms with van der Waals surface area (Å²) in [6, 6.07) is 31.2. The normalized spacial score (nSPS) is 15.9. The first-order valence-electron chi connectivity index (χ1n) is 12.0. The number of nitrogens with one attached hydrogen (secondary N) is 1. The van der Waals surface area contributed by atoms with Gasteiger partial charge < -0.3 is 9.47 Å². The van der Waals surface area contributed by atoms with Crippen LogP contribution >= 0.6 is 11.8 Å². The Hall–Kier alpha value is -4.69. The van der Waals surface area contributed by atoms with E-state index in [1.54, 1.807) is 6.08 Å². The molecule has 186 valence electrons. The quantitative estimate of drug-likeness (QED) is 0.298. The fourth-order valence-electron chi connectivity index (χ4n) is 4.16. The van der Waals surface area contributed by atoms with Crippen LogP contribution in [-0.4, -0.2) is 33.6 Å². The van der Waals surface area contributed by atoms with Gasteiger partial charge in [0.25, 0.3) is 5.91 Å². The van der Waals surface area contributed by atoms with Crippen LogP contribution in [0.15, 0.2) is 113 Å². The van der Waals surface area contributed by atoms with Crippen molar-refractivity contribution in [1.29, 1.82) is 5.41 Å². The van der Waals surface area contributed by atoms with Crippen molar-refractivity contribution in [2.24, 2.45) is 10.1 Å². The zero-order valence-corrected chi connectivity index (χ0v) is 21.0. The molecule has 0 aliphatic carbocycles. The zero-order valence-electron chi connectivity index (χ0n) is 20.2. The molecule has 0 spiro atoms. The second-order valence-electron chi connectivity index (χ2n) is 8.61. The molecule has 0 radical (unpaired) electrons. The van der Waals surface area contributed by atoms with E-state index < -0.39 is 5.91 Å². The second kappa shape index (κ2) is 10.4. The Labute approximate surface area is 223 Å². The lowest BCUT2D eigenvalue weighted by Crippen LogP contribution is -2.35. The highest BCUT2D eigenvalue weighted by Crippen LogP contribution is 2.29. The van der Waals surface area contributed by atoms with Crippen LogP contribution in [0, 0.1) is 5.41 Å². The van der Waals surface area contributed by atoms with E-state index in [1.807, 2.05) is 72.8 Å². The Morgan fingerprint density at radius 1 is 0.816 bits per heavy atom. The number of thioether (sulfide) groups is 1. The number of amides is 1. The Bertz CT molecular complexity index is 1620. The van der Waals surface area contributed by atoms with Crippen LogP contribution < -0.4 is 9.47 Å². The molecule has 6 rings (SSSR count). The monoisotopic (exact) mass is 518 g/mol. The summed E-state index contributed by atoms with van der Waals surface area (Å²) in [4.78, 5) is 16.9. The molecule has 7 nitrogen and oxygen atoms in total. The van der Waals surface area contributed by atoms with Gasteiger partial charge in [0.2, 0.25) is 5.17 Å². The Morgan fingerprint density at radius 3 is 2.37 bits per heavy atom. The molecule has 4 aromatic rings. The van der Waals surface area contributed by atoms with E-state index in [1.165, 1.54) is 27.5 Å². The van der Waals surface area contributed by atoms with Gasteiger partial charge in [0.05, 0.1) is 5.57 Å². The van der Waals surface area contributed by atoms with Crippen LogP contribution in [-0.2, 0) is 11.4 Å². The van der Waals surface area contributed by atoms with Gasteiger partial charge in [-0.1, -0.05) is 72.8 Å². The average Bonchev–Trinajstić information content (AvgIpc) is 3.37. The molecule has 4 aromatic carbocycles.